The van der Waals surface area contributed by atoms with Gasteiger partial charge in [-0.2, -0.15) is 4.98 Å². The van der Waals surface area contributed by atoms with Gasteiger partial charge in [-0.25, -0.2) is 9.37 Å². The number of hydrogen-bond acceptors (Lipinski definition) is 7. The zero-order valence-corrected chi connectivity index (χ0v) is 22.3. The molecular formula is C29H33FN6O2. The Morgan fingerprint density at radius 1 is 1.16 bits per heavy atom. The van der Waals surface area contributed by atoms with E-state index in [2.05, 4.69) is 33.9 Å². The summed E-state index contributed by atoms with van der Waals surface area (Å²) in [6.07, 6.45) is 4.48. The molecule has 0 atom stereocenters. The van der Waals surface area contributed by atoms with Crippen LogP contribution in [0.1, 0.15) is 56.0 Å². The molecule has 38 heavy (non-hydrogen) atoms. The van der Waals surface area contributed by atoms with Gasteiger partial charge in [-0.1, -0.05) is 0 Å². The predicted octanol–water partition coefficient (Wildman–Crippen LogP) is 4.22. The number of rotatable bonds is 6. The summed E-state index contributed by atoms with van der Waals surface area (Å²) in [6, 6.07) is 5.69. The van der Waals surface area contributed by atoms with Crippen molar-refractivity contribution in [1.82, 2.24) is 19.4 Å². The van der Waals surface area contributed by atoms with Crippen LogP contribution in [0.3, 0.4) is 0 Å². The summed E-state index contributed by atoms with van der Waals surface area (Å²) >= 11 is 0. The first-order valence-corrected chi connectivity index (χ1v) is 13.6. The highest BCUT2D eigenvalue weighted by atomic mass is 19.1. The molecule has 9 heteroatoms. The third-order valence-corrected chi connectivity index (χ3v) is 9.41. The van der Waals surface area contributed by atoms with Crippen LogP contribution in [0.15, 0.2) is 29.2 Å². The molecule has 3 aromatic rings. The molecule has 2 aromatic heterocycles. The van der Waals surface area contributed by atoms with E-state index >= 15 is 4.39 Å². The van der Waals surface area contributed by atoms with Gasteiger partial charge in [0.2, 0.25) is 5.95 Å². The molecule has 2 aliphatic heterocycles. The number of nitrogens with one attached hydrogen (secondary N) is 1. The van der Waals surface area contributed by atoms with Crippen molar-refractivity contribution in [2.24, 2.45) is 11.3 Å². The lowest BCUT2D eigenvalue weighted by molar-refractivity contribution is -0.0884. The number of nitrogens with zero attached hydrogens (tertiary/aromatic N) is 5. The number of benzene rings is 1. The van der Waals surface area contributed by atoms with E-state index in [1.165, 1.54) is 13.0 Å². The van der Waals surface area contributed by atoms with Crippen molar-refractivity contribution in [3.05, 3.63) is 51.7 Å². The van der Waals surface area contributed by atoms with Crippen LogP contribution in [-0.4, -0.2) is 57.4 Å². The molecule has 2 bridgehead atoms. The van der Waals surface area contributed by atoms with Crippen LogP contribution in [0.25, 0.3) is 11.0 Å². The Hall–Kier alpha value is -3.33. The van der Waals surface area contributed by atoms with E-state index in [0.717, 1.165) is 45.4 Å². The van der Waals surface area contributed by atoms with E-state index in [9.17, 15) is 9.59 Å². The summed E-state index contributed by atoms with van der Waals surface area (Å²) < 4.78 is 16.9. The minimum Gasteiger partial charge on any atom is -0.368 e. The first kappa shape index (κ1) is 23.8. The zero-order valence-electron chi connectivity index (χ0n) is 22.3. The third kappa shape index (κ3) is 3.30. The fourth-order valence-electron chi connectivity index (χ4n) is 7.22. The van der Waals surface area contributed by atoms with Gasteiger partial charge in [-0.05, 0) is 76.6 Å². The zero-order chi connectivity index (χ0) is 26.6. The van der Waals surface area contributed by atoms with Crippen LogP contribution in [-0.2, 0) is 5.54 Å². The second kappa shape index (κ2) is 7.85. The number of halogens is 1. The summed E-state index contributed by atoms with van der Waals surface area (Å²) in [7, 11) is 0. The highest BCUT2D eigenvalue weighted by Gasteiger charge is 2.59. The van der Waals surface area contributed by atoms with Gasteiger partial charge in [0.1, 0.15) is 11.5 Å². The first-order valence-electron chi connectivity index (χ1n) is 13.6. The summed E-state index contributed by atoms with van der Waals surface area (Å²) in [5.74, 6) is 0.429. The van der Waals surface area contributed by atoms with E-state index in [4.69, 9.17) is 4.98 Å². The number of Topliss-reactive ketones (excluding diaryl/α,β-unsaturated/α-hetero) is 1. The van der Waals surface area contributed by atoms with Crippen LogP contribution in [0.4, 0.5) is 21.7 Å². The lowest BCUT2D eigenvalue weighted by atomic mass is 9.49. The number of carbonyl (C=O) groups is 1. The number of aromatic nitrogens is 3. The summed E-state index contributed by atoms with van der Waals surface area (Å²) in [5.41, 5.74) is 2.32. The molecule has 1 N–H and O–H groups in total. The van der Waals surface area contributed by atoms with Crippen molar-refractivity contribution in [3.63, 3.8) is 0 Å². The van der Waals surface area contributed by atoms with Gasteiger partial charge in [-0.3, -0.25) is 19.1 Å². The van der Waals surface area contributed by atoms with Crippen LogP contribution in [0.5, 0.6) is 0 Å². The normalized spacial score (nSPS) is 25.1. The fourth-order valence-corrected chi connectivity index (χ4v) is 7.22. The Balaban J connectivity index is 1.16. The number of ketones is 1. The Bertz CT molecular complexity index is 1550. The van der Waals surface area contributed by atoms with Gasteiger partial charge < -0.3 is 10.2 Å². The quantitative estimate of drug-likeness (QED) is 0.491. The summed E-state index contributed by atoms with van der Waals surface area (Å²) in [4.78, 5) is 39.6. The Kier molecular flexibility index (Phi) is 4.91. The molecule has 2 saturated heterocycles. The topological polar surface area (TPSA) is 83.4 Å². The van der Waals surface area contributed by atoms with E-state index < -0.39 is 0 Å². The molecule has 0 amide bonds. The van der Waals surface area contributed by atoms with Gasteiger partial charge >= 0.3 is 0 Å². The number of anilines is 3. The van der Waals surface area contributed by atoms with Crippen molar-refractivity contribution in [2.75, 3.05) is 36.4 Å². The number of fused-ring (bicyclic) bond motifs is 1. The molecule has 5 aliphatic rings. The van der Waals surface area contributed by atoms with Crippen molar-refractivity contribution in [3.8, 4) is 0 Å². The number of carbonyl (C=O) groups excluding carboxylic acids is 1. The molecule has 3 saturated carbocycles. The smallest absolute Gasteiger partial charge is 0.263 e. The SMILES string of the molecule is CC(=O)c1c(C)c2cnc(Nc3ccc(N4CC5(C4)CN(C(C)C)C5)c(F)c3)nc2n(C23CC(C2)C3)c1=O. The second-order valence-electron chi connectivity index (χ2n) is 12.5. The molecule has 198 valence electrons. The van der Waals surface area contributed by atoms with Crippen molar-refractivity contribution in [2.45, 2.75) is 58.5 Å². The van der Waals surface area contributed by atoms with Gasteiger partial charge in [0, 0.05) is 54.9 Å². The molecule has 1 aromatic carbocycles. The number of hydrogen-bond donors (Lipinski definition) is 1. The number of aryl methyl sites for hydroxylation is 1. The number of pyridine rings is 1. The average molecular weight is 517 g/mol. The van der Waals surface area contributed by atoms with Crippen molar-refractivity contribution >= 4 is 34.1 Å². The van der Waals surface area contributed by atoms with Crippen LogP contribution in [0, 0.1) is 24.1 Å². The van der Waals surface area contributed by atoms with Gasteiger partial charge in [0.25, 0.3) is 5.56 Å². The summed E-state index contributed by atoms with van der Waals surface area (Å²) in [5, 5.41) is 3.83. The largest absolute Gasteiger partial charge is 0.368 e. The Morgan fingerprint density at radius 3 is 2.45 bits per heavy atom. The van der Waals surface area contributed by atoms with E-state index in [-0.39, 0.29) is 28.3 Å². The van der Waals surface area contributed by atoms with Crippen LogP contribution < -0.4 is 15.8 Å². The van der Waals surface area contributed by atoms with Crippen LogP contribution >= 0.6 is 0 Å². The molecule has 8 nitrogen and oxygen atoms in total. The Labute approximate surface area is 220 Å². The lowest BCUT2D eigenvalue weighted by Crippen LogP contribution is -2.73. The molecule has 8 rings (SSSR count). The van der Waals surface area contributed by atoms with Gasteiger partial charge in [0.05, 0.1) is 16.8 Å². The van der Waals surface area contributed by atoms with Gasteiger partial charge in [0.15, 0.2) is 5.78 Å². The molecule has 5 fully saturated rings. The fraction of sp³-hybridized carbons (Fsp3) is 0.517. The summed E-state index contributed by atoms with van der Waals surface area (Å²) in [6.45, 7) is 11.6. The molecule has 1 spiro atoms. The lowest BCUT2D eigenvalue weighted by Gasteiger charge is -2.62. The maximum Gasteiger partial charge on any atom is 0.263 e. The molecule has 0 unspecified atom stereocenters. The maximum atomic E-state index is 15.2. The standard InChI is InChI=1S/C29H33FN6O2/c1-16(2)34-12-28(13-34)14-35(15-28)23-6-5-20(7-22(23)30)32-27-31-11-21-17(3)24(18(4)37)26(38)36(25(21)33-27)29-8-19(9-29)10-29/h5-7,11,16,19H,8-10,12-15H2,1-4H3,(H,31,32,33). The minimum absolute atomic E-state index is 0.218. The second-order valence-corrected chi connectivity index (χ2v) is 12.5. The molecular weight excluding hydrogens is 483 g/mol. The molecule has 3 aliphatic carbocycles. The van der Waals surface area contributed by atoms with Crippen molar-refractivity contribution < 1.29 is 9.18 Å². The average Bonchev–Trinajstić information content (AvgIpc) is 2.73. The number of likely N-dealkylation sites (tertiary alicyclic amines) is 1. The van der Waals surface area contributed by atoms with Crippen LogP contribution in [0.2, 0.25) is 0 Å². The Morgan fingerprint density at radius 2 is 1.87 bits per heavy atom. The highest BCUT2D eigenvalue weighted by molar-refractivity contribution is 5.99. The van der Waals surface area contributed by atoms with Crippen molar-refractivity contribution in [1.29, 1.82) is 0 Å². The predicted molar refractivity (Wildman–Crippen MR) is 145 cm³/mol. The maximum absolute atomic E-state index is 15.2. The third-order valence-electron chi connectivity index (χ3n) is 9.41. The van der Waals surface area contributed by atoms with Gasteiger partial charge in [-0.15, -0.1) is 0 Å². The first-order chi connectivity index (χ1) is 18.1. The van der Waals surface area contributed by atoms with E-state index in [0.29, 0.717) is 51.3 Å². The van der Waals surface area contributed by atoms with E-state index in [1.807, 2.05) is 12.1 Å². The molecule has 4 heterocycles. The monoisotopic (exact) mass is 516 g/mol. The molecule has 0 radical (unpaired) electrons. The minimum atomic E-state index is -0.279. The highest BCUT2D eigenvalue weighted by Crippen LogP contribution is 2.62. The van der Waals surface area contributed by atoms with E-state index in [1.54, 1.807) is 17.7 Å².